The minimum Gasteiger partial charge on any atom is -0.368 e. The fourth-order valence-electron chi connectivity index (χ4n) is 0. The fraction of sp³-hybridized carbons (Fsp3) is 0. The molecule has 0 aliphatic carbocycles. The van der Waals surface area contributed by atoms with Crippen LogP contribution in [0.4, 0.5) is 0 Å². The van der Waals surface area contributed by atoms with Crippen molar-refractivity contribution < 1.29 is 19.2 Å². The Balaban J connectivity index is 0. The Morgan fingerprint density at radius 2 is 0.833 bits per heavy atom. The van der Waals surface area contributed by atoms with Crippen molar-refractivity contribution in [3.8, 4) is 0 Å². The van der Waals surface area contributed by atoms with Gasteiger partial charge in [0.05, 0.1) is 0 Å². The van der Waals surface area contributed by atoms with Gasteiger partial charge in [0.15, 0.2) is 0 Å². The van der Waals surface area contributed by atoms with E-state index in [0.29, 0.717) is 0 Å². The van der Waals surface area contributed by atoms with Crippen molar-refractivity contribution in [3.63, 3.8) is 0 Å². The molecule has 6 heavy (non-hydrogen) atoms. The molecule has 37 valence electrons. The monoisotopic (exact) mass is 171 g/mol. The normalized spacial score (nSPS) is 10.0. The zero-order chi connectivity index (χ0) is 4.50. The molecule has 0 unspecified atom stereocenters. The Hall–Kier alpha value is 0.615. The molecule has 0 saturated heterocycles. The van der Waals surface area contributed by atoms with E-state index in [-0.39, 0.29) is 18.0 Å². The maximum absolute atomic E-state index is 7.33. The Morgan fingerprint density at radius 1 is 0.833 bits per heavy atom. The van der Waals surface area contributed by atoms with E-state index in [4.69, 9.17) is 19.2 Å². The van der Waals surface area contributed by atoms with Crippen LogP contribution in [0.1, 0.15) is 0 Å². The van der Waals surface area contributed by atoms with E-state index >= 15 is 0 Å². The van der Waals surface area contributed by atoms with Crippen LogP contribution < -0.4 is 0 Å². The van der Waals surface area contributed by atoms with Gasteiger partial charge in [-0.2, -0.15) is 0 Å². The molecule has 0 aromatic carbocycles. The Bertz CT molecular complexity index is 23.0. The van der Waals surface area contributed by atoms with Crippen LogP contribution in [0.5, 0.6) is 0 Å². The summed E-state index contributed by atoms with van der Waals surface area (Å²) in [5, 5.41) is 0. The second-order valence-corrected chi connectivity index (χ2v) is 1.80. The Kier molecular flexibility index (Phi) is 4.46. The zero-order valence-corrected chi connectivity index (χ0v) is 5.61. The molecule has 3 radical (unpaired) electrons. The molecule has 0 saturated carbocycles. The summed E-state index contributed by atoms with van der Waals surface area (Å²) in [5.74, 6) is 0. The summed E-state index contributed by atoms with van der Waals surface area (Å²) < 4.78 is 0. The molecule has 0 amide bonds. The minimum absolute atomic E-state index is 0. The van der Waals surface area contributed by atoms with Gasteiger partial charge in [-0.15, -0.1) is 0 Å². The maximum Gasteiger partial charge on any atom is 0.668 e. The van der Waals surface area contributed by atoms with Gasteiger partial charge in [-0.25, -0.2) is 0 Å². The van der Waals surface area contributed by atoms with E-state index in [1.54, 1.807) is 0 Å². The largest absolute Gasteiger partial charge is 0.668 e. The molecule has 0 aromatic heterocycles. The molecule has 0 heterocycles. The first kappa shape index (κ1) is 9.79. The molecule has 0 aliphatic rings. The topological polar surface area (TPSA) is 80.9 Å². The second-order valence-electron chi connectivity index (χ2n) is 0.600. The van der Waals surface area contributed by atoms with Crippen LogP contribution >= 0.6 is 0 Å². The van der Waals surface area contributed by atoms with Crippen molar-refractivity contribution in [3.05, 3.63) is 0 Å². The summed E-state index contributed by atoms with van der Waals surface area (Å²) >= 11 is 0. The number of hydrogen-bond donors (Lipinski definition) is 4. The molecule has 6 heteroatoms. The molecule has 0 fully saturated rings. The summed E-state index contributed by atoms with van der Waals surface area (Å²) in [6, 6.07) is 0. The number of hydrogen-bond acceptors (Lipinski definition) is 4. The van der Waals surface area contributed by atoms with Crippen molar-refractivity contribution >= 4 is 27.0 Å². The third-order valence-electron chi connectivity index (χ3n) is 0. The van der Waals surface area contributed by atoms with E-state index in [2.05, 4.69) is 0 Å². The predicted octanol–water partition coefficient (Wildman–Crippen LogP) is -2.99. The van der Waals surface area contributed by atoms with E-state index < -0.39 is 9.05 Å². The minimum atomic E-state index is -4.61. The first-order chi connectivity index (χ1) is 2.00. The molecule has 0 rings (SSSR count). The van der Waals surface area contributed by atoms with Gasteiger partial charge in [0.1, 0.15) is 0 Å². The molecule has 4 nitrogen and oxygen atoms in total. The van der Waals surface area contributed by atoms with E-state index in [1.807, 2.05) is 0 Å². The quantitative estimate of drug-likeness (QED) is 0.293. The van der Waals surface area contributed by atoms with Crippen LogP contribution in [0.3, 0.4) is 0 Å². The van der Waals surface area contributed by atoms with Gasteiger partial charge in [-0.3, -0.25) is 0 Å². The molecule has 0 bridgehead atoms. The van der Waals surface area contributed by atoms with Gasteiger partial charge in [0.2, 0.25) is 0 Å². The molecular weight excluding hydrogens is 167 g/mol. The van der Waals surface area contributed by atoms with Gasteiger partial charge in [-0.05, 0) is 0 Å². The average molecular weight is 171 g/mol. The summed E-state index contributed by atoms with van der Waals surface area (Å²) in [5.41, 5.74) is 0. The average Bonchev–Trinajstić information content (AvgIpc) is 0.722. The molecule has 4 N–H and O–H groups in total. The molecule has 0 aromatic rings. The standard InChI is InChI=1S/As.H4O4Si/c;1-5(2,3)4/h;1-4H. The maximum atomic E-state index is 7.33. The van der Waals surface area contributed by atoms with Crippen LogP contribution in [-0.4, -0.2) is 46.2 Å². The summed E-state index contributed by atoms with van der Waals surface area (Å²) in [7, 11) is -4.61. The molecule has 0 spiro atoms. The Morgan fingerprint density at radius 3 is 0.833 bits per heavy atom. The van der Waals surface area contributed by atoms with Crippen LogP contribution in [0.25, 0.3) is 0 Å². The van der Waals surface area contributed by atoms with Crippen molar-refractivity contribution in [2.24, 2.45) is 0 Å². The van der Waals surface area contributed by atoms with Gasteiger partial charge in [0.25, 0.3) is 0 Å². The fourth-order valence-corrected chi connectivity index (χ4v) is 0. The first-order valence-electron chi connectivity index (χ1n) is 0.894. The van der Waals surface area contributed by atoms with Gasteiger partial charge in [-0.1, -0.05) is 0 Å². The molecule has 0 aliphatic heterocycles. The third-order valence-corrected chi connectivity index (χ3v) is 0. The van der Waals surface area contributed by atoms with E-state index in [1.165, 1.54) is 0 Å². The van der Waals surface area contributed by atoms with Gasteiger partial charge in [0, 0.05) is 18.0 Å². The van der Waals surface area contributed by atoms with Gasteiger partial charge < -0.3 is 19.2 Å². The van der Waals surface area contributed by atoms with Gasteiger partial charge >= 0.3 is 9.05 Å². The van der Waals surface area contributed by atoms with Crippen molar-refractivity contribution in [1.82, 2.24) is 0 Å². The van der Waals surface area contributed by atoms with Crippen LogP contribution in [0.2, 0.25) is 0 Å². The van der Waals surface area contributed by atoms with E-state index in [9.17, 15) is 0 Å². The van der Waals surface area contributed by atoms with Crippen LogP contribution in [-0.2, 0) is 0 Å². The summed E-state index contributed by atoms with van der Waals surface area (Å²) in [6.45, 7) is 0. The summed E-state index contributed by atoms with van der Waals surface area (Å²) in [4.78, 5) is 29.3. The van der Waals surface area contributed by atoms with Crippen molar-refractivity contribution in [2.75, 3.05) is 0 Å². The van der Waals surface area contributed by atoms with Crippen molar-refractivity contribution in [2.45, 2.75) is 0 Å². The second kappa shape index (κ2) is 2.73. The molecule has 0 atom stereocenters. The van der Waals surface area contributed by atoms with E-state index in [0.717, 1.165) is 0 Å². The van der Waals surface area contributed by atoms with Crippen LogP contribution in [0, 0.1) is 0 Å². The third kappa shape index (κ3) is 159. The zero-order valence-electron chi connectivity index (χ0n) is 2.74. The molecular formula is H4AsO4Si. The van der Waals surface area contributed by atoms with Crippen molar-refractivity contribution in [1.29, 1.82) is 0 Å². The SMILES string of the molecule is O[Si](O)(O)O.[As]. The first-order valence-corrected chi connectivity index (χ1v) is 2.68. The number of rotatable bonds is 0. The predicted molar refractivity (Wildman–Crippen MR) is 20.4 cm³/mol. The van der Waals surface area contributed by atoms with Crippen LogP contribution in [0.15, 0.2) is 0 Å². The smallest absolute Gasteiger partial charge is 0.368 e. The Labute approximate surface area is 46.9 Å². The summed E-state index contributed by atoms with van der Waals surface area (Å²) in [6.07, 6.45) is 0.